The van der Waals surface area contributed by atoms with Crippen molar-refractivity contribution < 1.29 is 5.11 Å². The fourth-order valence-corrected chi connectivity index (χ4v) is 2.32. The van der Waals surface area contributed by atoms with Crippen LogP contribution >= 0.6 is 11.6 Å². The van der Waals surface area contributed by atoms with Gasteiger partial charge < -0.3 is 10.4 Å². The fraction of sp³-hybridized carbons (Fsp3) is 0.125. The number of aryl methyl sites for hydroxylation is 2. The molecule has 106 valence electrons. The van der Waals surface area contributed by atoms with Crippen LogP contribution < -0.4 is 5.32 Å². The molecule has 4 nitrogen and oxygen atoms in total. The van der Waals surface area contributed by atoms with Gasteiger partial charge >= 0.3 is 0 Å². The molecule has 2 N–H and O–H groups in total. The van der Waals surface area contributed by atoms with E-state index in [1.165, 1.54) is 11.9 Å². The fourth-order valence-electron chi connectivity index (χ4n) is 2.15. The highest BCUT2D eigenvalue weighted by Gasteiger charge is 2.09. The summed E-state index contributed by atoms with van der Waals surface area (Å²) in [5.41, 5.74) is 3.71. The molecular weight excluding hydrogens is 286 g/mol. The molecular formula is C16H14ClN3O. The summed E-state index contributed by atoms with van der Waals surface area (Å²) >= 11 is 5.96. The number of phenolic OH excluding ortho intramolecular Hbond substituents is 1. The van der Waals surface area contributed by atoms with E-state index in [0.29, 0.717) is 16.5 Å². The molecule has 0 atom stereocenters. The molecule has 0 amide bonds. The van der Waals surface area contributed by atoms with Gasteiger partial charge in [0.1, 0.15) is 17.9 Å². The van der Waals surface area contributed by atoms with Gasteiger partial charge in [0, 0.05) is 10.4 Å². The summed E-state index contributed by atoms with van der Waals surface area (Å²) in [4.78, 5) is 8.55. The molecule has 3 aromatic rings. The second-order valence-corrected chi connectivity index (χ2v) is 5.40. The SMILES string of the molecule is Cc1cc2ncnc(Nc3cc(Cl)ccc3O)c2cc1C. The van der Waals surface area contributed by atoms with Gasteiger partial charge in [0.2, 0.25) is 0 Å². The van der Waals surface area contributed by atoms with Crippen molar-refractivity contribution in [1.82, 2.24) is 9.97 Å². The first-order valence-electron chi connectivity index (χ1n) is 6.52. The predicted molar refractivity (Wildman–Crippen MR) is 85.4 cm³/mol. The highest BCUT2D eigenvalue weighted by molar-refractivity contribution is 6.31. The van der Waals surface area contributed by atoms with E-state index < -0.39 is 0 Å². The molecule has 0 bridgehead atoms. The van der Waals surface area contributed by atoms with Crippen molar-refractivity contribution in [3.63, 3.8) is 0 Å². The van der Waals surface area contributed by atoms with E-state index in [1.807, 2.05) is 26.0 Å². The largest absolute Gasteiger partial charge is 0.506 e. The third-order valence-electron chi connectivity index (χ3n) is 3.46. The van der Waals surface area contributed by atoms with Crippen LogP contribution in [0.1, 0.15) is 11.1 Å². The number of hydrogen-bond acceptors (Lipinski definition) is 4. The molecule has 0 spiro atoms. The Labute approximate surface area is 127 Å². The molecule has 2 aromatic carbocycles. The van der Waals surface area contributed by atoms with Crippen molar-refractivity contribution in [1.29, 1.82) is 0 Å². The Balaban J connectivity index is 2.12. The Morgan fingerprint density at radius 2 is 1.81 bits per heavy atom. The topological polar surface area (TPSA) is 58.0 Å². The predicted octanol–water partition coefficient (Wildman–Crippen LogP) is 4.35. The number of nitrogens with one attached hydrogen (secondary N) is 1. The van der Waals surface area contributed by atoms with Gasteiger partial charge in [-0.15, -0.1) is 0 Å². The standard InChI is InChI=1S/C16H14ClN3O/c1-9-5-12-13(6-10(9)2)18-8-19-16(12)20-14-7-11(17)3-4-15(14)21/h3-8,21H,1-2H3,(H,18,19,20). The van der Waals surface area contributed by atoms with Crippen molar-refractivity contribution in [3.8, 4) is 5.75 Å². The first-order chi connectivity index (χ1) is 10.0. The summed E-state index contributed by atoms with van der Waals surface area (Å²) in [5, 5.41) is 14.5. The summed E-state index contributed by atoms with van der Waals surface area (Å²) < 4.78 is 0. The molecule has 0 unspecified atom stereocenters. The minimum Gasteiger partial charge on any atom is -0.506 e. The van der Waals surface area contributed by atoms with Crippen LogP contribution in [0.4, 0.5) is 11.5 Å². The Bertz CT molecular complexity index is 833. The number of benzene rings is 2. The summed E-state index contributed by atoms with van der Waals surface area (Å²) in [5.74, 6) is 0.760. The smallest absolute Gasteiger partial charge is 0.141 e. The second-order valence-electron chi connectivity index (χ2n) is 4.96. The number of hydrogen-bond donors (Lipinski definition) is 2. The quantitative estimate of drug-likeness (QED) is 0.691. The molecule has 0 aliphatic heterocycles. The van der Waals surface area contributed by atoms with E-state index in [1.54, 1.807) is 18.2 Å². The van der Waals surface area contributed by atoms with Crippen molar-refractivity contribution in [2.45, 2.75) is 13.8 Å². The number of phenols is 1. The van der Waals surface area contributed by atoms with Crippen LogP contribution in [0.3, 0.4) is 0 Å². The Hall–Kier alpha value is -2.33. The van der Waals surface area contributed by atoms with Crippen LogP contribution in [0.5, 0.6) is 5.75 Å². The molecule has 0 saturated carbocycles. The molecule has 0 radical (unpaired) electrons. The van der Waals surface area contributed by atoms with Gasteiger partial charge in [-0.2, -0.15) is 0 Å². The van der Waals surface area contributed by atoms with Gasteiger partial charge in [-0.1, -0.05) is 11.6 Å². The van der Waals surface area contributed by atoms with Gasteiger partial charge in [0.25, 0.3) is 0 Å². The highest BCUT2D eigenvalue weighted by Crippen LogP contribution is 2.31. The molecule has 0 fully saturated rings. The van der Waals surface area contributed by atoms with Crippen LogP contribution in [-0.2, 0) is 0 Å². The van der Waals surface area contributed by atoms with E-state index in [-0.39, 0.29) is 5.75 Å². The zero-order valence-electron chi connectivity index (χ0n) is 11.7. The van der Waals surface area contributed by atoms with Crippen LogP contribution in [0, 0.1) is 13.8 Å². The van der Waals surface area contributed by atoms with Gasteiger partial charge in [-0.25, -0.2) is 9.97 Å². The van der Waals surface area contributed by atoms with Gasteiger partial charge in [0.05, 0.1) is 11.2 Å². The van der Waals surface area contributed by atoms with Crippen LogP contribution in [0.25, 0.3) is 10.9 Å². The van der Waals surface area contributed by atoms with Crippen molar-refractivity contribution in [2.24, 2.45) is 0 Å². The average Bonchev–Trinajstić information content (AvgIpc) is 2.45. The van der Waals surface area contributed by atoms with E-state index in [9.17, 15) is 5.11 Å². The maximum absolute atomic E-state index is 9.90. The summed E-state index contributed by atoms with van der Waals surface area (Å²) in [6.07, 6.45) is 1.50. The monoisotopic (exact) mass is 299 g/mol. The van der Waals surface area contributed by atoms with Crippen molar-refractivity contribution in [2.75, 3.05) is 5.32 Å². The summed E-state index contributed by atoms with van der Waals surface area (Å²) in [6.45, 7) is 4.09. The van der Waals surface area contributed by atoms with E-state index in [2.05, 4.69) is 15.3 Å². The molecule has 5 heteroatoms. The lowest BCUT2D eigenvalue weighted by atomic mass is 10.1. The molecule has 0 saturated heterocycles. The minimum absolute atomic E-state index is 0.120. The Morgan fingerprint density at radius 1 is 1.05 bits per heavy atom. The number of aromatic nitrogens is 2. The lowest BCUT2D eigenvalue weighted by molar-refractivity contribution is 0.478. The third-order valence-corrected chi connectivity index (χ3v) is 3.70. The first-order valence-corrected chi connectivity index (χ1v) is 6.90. The van der Waals surface area contributed by atoms with Crippen molar-refractivity contribution in [3.05, 3.63) is 52.8 Å². The van der Waals surface area contributed by atoms with Crippen molar-refractivity contribution >= 4 is 34.0 Å². The molecule has 21 heavy (non-hydrogen) atoms. The van der Waals surface area contributed by atoms with E-state index in [4.69, 9.17) is 11.6 Å². The molecule has 0 aliphatic rings. The normalized spacial score (nSPS) is 10.8. The number of fused-ring (bicyclic) bond motifs is 1. The number of nitrogens with zero attached hydrogens (tertiary/aromatic N) is 2. The minimum atomic E-state index is 0.120. The van der Waals surface area contributed by atoms with Gasteiger partial charge in [-0.05, 0) is 55.3 Å². The van der Waals surface area contributed by atoms with Crippen LogP contribution in [0.2, 0.25) is 5.02 Å². The van der Waals surface area contributed by atoms with Crippen LogP contribution in [0.15, 0.2) is 36.7 Å². The molecule has 1 heterocycles. The van der Waals surface area contributed by atoms with Gasteiger partial charge in [0.15, 0.2) is 0 Å². The average molecular weight is 300 g/mol. The van der Waals surface area contributed by atoms with Gasteiger partial charge in [-0.3, -0.25) is 0 Å². The number of halogens is 1. The number of rotatable bonds is 2. The maximum Gasteiger partial charge on any atom is 0.141 e. The summed E-state index contributed by atoms with van der Waals surface area (Å²) in [6, 6.07) is 8.90. The van der Waals surface area contributed by atoms with E-state index >= 15 is 0 Å². The number of aromatic hydroxyl groups is 1. The Morgan fingerprint density at radius 3 is 2.62 bits per heavy atom. The third kappa shape index (κ3) is 2.62. The first kappa shape index (κ1) is 13.6. The Kier molecular flexibility index (Phi) is 3.39. The lowest BCUT2D eigenvalue weighted by Crippen LogP contribution is -1.97. The number of anilines is 2. The highest BCUT2D eigenvalue weighted by atomic mass is 35.5. The maximum atomic E-state index is 9.90. The zero-order chi connectivity index (χ0) is 15.0. The van der Waals surface area contributed by atoms with Crippen LogP contribution in [-0.4, -0.2) is 15.1 Å². The zero-order valence-corrected chi connectivity index (χ0v) is 12.4. The second kappa shape index (κ2) is 5.22. The summed E-state index contributed by atoms with van der Waals surface area (Å²) in [7, 11) is 0. The molecule has 3 rings (SSSR count). The molecule has 1 aromatic heterocycles. The lowest BCUT2D eigenvalue weighted by Gasteiger charge is -2.11. The van der Waals surface area contributed by atoms with E-state index in [0.717, 1.165) is 16.5 Å². The molecule has 0 aliphatic carbocycles.